The fourth-order valence-corrected chi connectivity index (χ4v) is 2.64. The van der Waals surface area contributed by atoms with Gasteiger partial charge in [0.15, 0.2) is 16.6 Å². The molecule has 0 atom stereocenters. The number of nitrogens with zero attached hydrogens (tertiary/aromatic N) is 1. The summed E-state index contributed by atoms with van der Waals surface area (Å²) in [5.74, 6) is 2.20. The quantitative estimate of drug-likeness (QED) is 0.269. The van der Waals surface area contributed by atoms with Crippen LogP contribution in [0.2, 0.25) is 0 Å². The molecule has 162 valence electrons. The van der Waals surface area contributed by atoms with Crippen molar-refractivity contribution in [1.82, 2.24) is 10.7 Å². The van der Waals surface area contributed by atoms with Crippen LogP contribution in [-0.4, -0.2) is 38.7 Å². The van der Waals surface area contributed by atoms with Crippen LogP contribution in [0.3, 0.4) is 0 Å². The van der Waals surface area contributed by atoms with Crippen LogP contribution in [0, 0.1) is 0 Å². The zero-order valence-corrected chi connectivity index (χ0v) is 19.1. The van der Waals surface area contributed by atoms with Crippen LogP contribution in [0.25, 0.3) is 0 Å². The largest absolute Gasteiger partial charge is 0.493 e. The van der Waals surface area contributed by atoms with Crippen molar-refractivity contribution >= 4 is 23.5 Å². The highest BCUT2D eigenvalue weighted by Crippen LogP contribution is 2.28. The van der Waals surface area contributed by atoms with Crippen LogP contribution in [-0.2, 0) is 5.41 Å². The van der Waals surface area contributed by atoms with Crippen molar-refractivity contribution in [1.29, 1.82) is 0 Å². The molecule has 0 aliphatic heterocycles. The first-order valence-electron chi connectivity index (χ1n) is 9.88. The normalized spacial score (nSPS) is 11.2. The zero-order valence-electron chi connectivity index (χ0n) is 18.3. The van der Waals surface area contributed by atoms with E-state index >= 15 is 0 Å². The van der Waals surface area contributed by atoms with E-state index < -0.39 is 0 Å². The molecule has 0 radical (unpaired) electrons. The molecule has 0 saturated carbocycles. The Labute approximate surface area is 184 Å². The average molecular weight is 430 g/mol. The first-order valence-corrected chi connectivity index (χ1v) is 10.3. The Kier molecular flexibility index (Phi) is 8.92. The van der Waals surface area contributed by atoms with E-state index in [9.17, 15) is 0 Å². The predicted octanol–water partition coefficient (Wildman–Crippen LogP) is 4.27. The van der Waals surface area contributed by atoms with E-state index in [4.69, 9.17) is 26.4 Å². The number of nitrogens with one attached hydrogen (secondary N) is 2. The lowest BCUT2D eigenvalue weighted by molar-refractivity contribution is 0.240. The number of thiocarbonyl (C=S) groups is 1. The molecule has 7 heteroatoms. The summed E-state index contributed by atoms with van der Waals surface area (Å²) >= 11 is 4.97. The highest BCUT2D eigenvalue weighted by Gasteiger charge is 2.13. The number of ether oxygens (including phenoxy) is 3. The molecule has 0 bridgehead atoms. The Morgan fingerprint density at radius 1 is 1.03 bits per heavy atom. The second-order valence-corrected chi connectivity index (χ2v) is 8.09. The smallest absolute Gasteiger partial charge is 0.186 e. The molecule has 2 rings (SSSR count). The van der Waals surface area contributed by atoms with Crippen LogP contribution in [0.1, 0.15) is 38.3 Å². The van der Waals surface area contributed by atoms with E-state index in [-0.39, 0.29) is 5.41 Å². The molecule has 0 heterocycles. The third kappa shape index (κ3) is 7.55. The molecule has 0 saturated heterocycles. The summed E-state index contributed by atoms with van der Waals surface area (Å²) in [5, 5.41) is 7.30. The molecular weight excluding hydrogens is 398 g/mol. The summed E-state index contributed by atoms with van der Waals surface area (Å²) in [4.78, 5) is 0. The molecule has 0 spiro atoms. The molecule has 30 heavy (non-hydrogen) atoms. The fraction of sp³-hybridized carbons (Fsp3) is 0.391. The van der Waals surface area contributed by atoms with Crippen molar-refractivity contribution < 1.29 is 14.2 Å². The third-order valence-corrected chi connectivity index (χ3v) is 4.63. The van der Waals surface area contributed by atoms with E-state index in [1.165, 1.54) is 5.56 Å². The van der Waals surface area contributed by atoms with Gasteiger partial charge in [-0.15, -0.1) is 0 Å². The minimum absolute atomic E-state index is 0.142. The molecule has 6 nitrogen and oxygen atoms in total. The van der Waals surface area contributed by atoms with Crippen molar-refractivity contribution in [3.63, 3.8) is 0 Å². The predicted molar refractivity (Wildman–Crippen MR) is 126 cm³/mol. The van der Waals surface area contributed by atoms with E-state index in [1.807, 2.05) is 30.3 Å². The minimum atomic E-state index is 0.142. The molecular formula is C23H31N3O3S. The van der Waals surface area contributed by atoms with Crippen LogP contribution >= 0.6 is 12.2 Å². The summed E-state index contributed by atoms with van der Waals surface area (Å²) in [6, 6.07) is 13.9. The number of methoxy groups -OCH3 is 1. The first kappa shape index (κ1) is 23.5. The van der Waals surface area contributed by atoms with E-state index in [0.717, 1.165) is 17.7 Å². The number of hydrogen-bond donors (Lipinski definition) is 2. The monoisotopic (exact) mass is 429 g/mol. The Bertz CT molecular complexity index is 846. The van der Waals surface area contributed by atoms with Crippen LogP contribution in [0.15, 0.2) is 47.6 Å². The van der Waals surface area contributed by atoms with Gasteiger partial charge in [0.25, 0.3) is 0 Å². The van der Waals surface area contributed by atoms with Crippen molar-refractivity contribution in [3.8, 4) is 17.2 Å². The van der Waals surface area contributed by atoms with E-state index in [0.29, 0.717) is 29.8 Å². The third-order valence-electron chi connectivity index (χ3n) is 4.33. The Morgan fingerprint density at radius 2 is 1.73 bits per heavy atom. The van der Waals surface area contributed by atoms with Gasteiger partial charge in [0, 0.05) is 13.5 Å². The van der Waals surface area contributed by atoms with Crippen LogP contribution < -0.4 is 25.0 Å². The van der Waals surface area contributed by atoms with Gasteiger partial charge in [-0.2, -0.15) is 5.10 Å². The highest BCUT2D eigenvalue weighted by atomic mass is 32.1. The summed E-state index contributed by atoms with van der Waals surface area (Å²) in [7, 11) is 3.34. The SMILES string of the molecule is CNC(=S)N/N=C/c1ccc(OCCCOc2ccc(C(C)(C)C)cc2)c(OC)c1. The maximum atomic E-state index is 5.85. The lowest BCUT2D eigenvalue weighted by Gasteiger charge is -2.19. The lowest BCUT2D eigenvalue weighted by atomic mass is 9.87. The van der Waals surface area contributed by atoms with E-state index in [2.05, 4.69) is 48.7 Å². The number of benzene rings is 2. The number of rotatable bonds is 9. The highest BCUT2D eigenvalue weighted by molar-refractivity contribution is 7.80. The molecule has 0 amide bonds. The van der Waals surface area contributed by atoms with E-state index in [1.54, 1.807) is 20.4 Å². The van der Waals surface area contributed by atoms with Crippen LogP contribution in [0.4, 0.5) is 0 Å². The van der Waals surface area contributed by atoms with Gasteiger partial charge in [0.05, 0.1) is 26.5 Å². The van der Waals surface area contributed by atoms with Gasteiger partial charge in [-0.25, -0.2) is 0 Å². The maximum Gasteiger partial charge on any atom is 0.186 e. The summed E-state index contributed by atoms with van der Waals surface area (Å²) in [5.41, 5.74) is 5.01. The molecule has 2 N–H and O–H groups in total. The topological polar surface area (TPSA) is 64.1 Å². The van der Waals surface area contributed by atoms with Crippen LogP contribution in [0.5, 0.6) is 17.2 Å². The molecule has 0 aliphatic carbocycles. The van der Waals surface area contributed by atoms with Crippen molar-refractivity contribution in [2.24, 2.45) is 5.10 Å². The Balaban J connectivity index is 1.79. The van der Waals surface area contributed by atoms with Gasteiger partial charge in [-0.3, -0.25) is 5.43 Å². The molecule has 0 unspecified atom stereocenters. The maximum absolute atomic E-state index is 5.85. The van der Waals surface area contributed by atoms with Gasteiger partial charge >= 0.3 is 0 Å². The molecule has 0 fully saturated rings. The van der Waals surface area contributed by atoms with Gasteiger partial charge in [-0.1, -0.05) is 32.9 Å². The van der Waals surface area contributed by atoms with Gasteiger partial charge in [0.2, 0.25) is 0 Å². The Morgan fingerprint density at radius 3 is 2.37 bits per heavy atom. The zero-order chi connectivity index (χ0) is 22.0. The van der Waals surface area contributed by atoms with Gasteiger partial charge < -0.3 is 19.5 Å². The van der Waals surface area contributed by atoms with Crippen molar-refractivity contribution in [3.05, 3.63) is 53.6 Å². The summed E-state index contributed by atoms with van der Waals surface area (Å²) < 4.78 is 17.1. The minimum Gasteiger partial charge on any atom is -0.493 e. The average Bonchev–Trinajstić information content (AvgIpc) is 2.73. The van der Waals surface area contributed by atoms with Crippen molar-refractivity contribution in [2.75, 3.05) is 27.4 Å². The van der Waals surface area contributed by atoms with Gasteiger partial charge in [0.1, 0.15) is 5.75 Å². The first-order chi connectivity index (χ1) is 14.3. The molecule has 0 aliphatic rings. The second kappa shape index (κ2) is 11.4. The number of hydrazone groups is 1. The van der Waals surface area contributed by atoms with Gasteiger partial charge in [-0.05, 0) is 59.1 Å². The molecule has 2 aromatic carbocycles. The second-order valence-electron chi connectivity index (χ2n) is 7.68. The molecule has 0 aromatic heterocycles. The molecule has 2 aromatic rings. The Hall–Kier alpha value is -2.80. The van der Waals surface area contributed by atoms with Crippen molar-refractivity contribution in [2.45, 2.75) is 32.6 Å². The lowest BCUT2D eigenvalue weighted by Crippen LogP contribution is -2.28. The standard InChI is InChI=1S/C23H31N3O3S/c1-23(2,3)18-8-10-19(11-9-18)28-13-6-14-29-20-12-7-17(15-21(20)27-5)16-25-26-22(30)24-4/h7-12,15-16H,6,13-14H2,1-5H3,(H2,24,26,30)/b25-16+. The summed E-state index contributed by atoms with van der Waals surface area (Å²) in [6.45, 7) is 7.71. The summed E-state index contributed by atoms with van der Waals surface area (Å²) in [6.07, 6.45) is 2.42. The fourth-order valence-electron chi connectivity index (χ4n) is 2.59. The number of hydrogen-bond acceptors (Lipinski definition) is 5.